The normalized spacial score (nSPS) is 14.4. The monoisotopic (exact) mass is 263 g/mol. The molecule has 1 rings (SSSR count). The minimum Gasteiger partial charge on any atom is -0.379 e. The molecular formula is C17H29NO. The number of hydrogen-bond acceptors (Lipinski definition) is 2. The second-order valence-corrected chi connectivity index (χ2v) is 6.88. The van der Waals surface area contributed by atoms with Crippen molar-refractivity contribution in [1.82, 2.24) is 5.32 Å². The SMILES string of the molecule is COC(C)(C)CCNC(c1ccccc1)C(C)(C)C. The van der Waals surface area contributed by atoms with Crippen molar-refractivity contribution in [3.8, 4) is 0 Å². The Morgan fingerprint density at radius 2 is 1.63 bits per heavy atom. The minimum atomic E-state index is -0.0634. The predicted molar refractivity (Wildman–Crippen MR) is 82.3 cm³/mol. The molecule has 0 aromatic heterocycles. The highest BCUT2D eigenvalue weighted by atomic mass is 16.5. The van der Waals surface area contributed by atoms with E-state index >= 15 is 0 Å². The lowest BCUT2D eigenvalue weighted by Crippen LogP contribution is -2.36. The molecule has 19 heavy (non-hydrogen) atoms. The highest BCUT2D eigenvalue weighted by molar-refractivity contribution is 5.20. The molecule has 0 aliphatic carbocycles. The van der Waals surface area contributed by atoms with Crippen molar-refractivity contribution in [3.05, 3.63) is 35.9 Å². The number of nitrogens with one attached hydrogen (secondary N) is 1. The summed E-state index contributed by atoms with van der Waals surface area (Å²) in [7, 11) is 1.78. The van der Waals surface area contributed by atoms with Crippen LogP contribution in [-0.4, -0.2) is 19.3 Å². The first-order valence-corrected chi connectivity index (χ1v) is 7.10. The molecule has 1 N–H and O–H groups in total. The van der Waals surface area contributed by atoms with Gasteiger partial charge in [-0.25, -0.2) is 0 Å². The first-order chi connectivity index (χ1) is 8.76. The fourth-order valence-electron chi connectivity index (χ4n) is 2.19. The Bertz CT molecular complexity index is 365. The summed E-state index contributed by atoms with van der Waals surface area (Å²) in [4.78, 5) is 0. The van der Waals surface area contributed by atoms with Gasteiger partial charge in [-0.15, -0.1) is 0 Å². The second kappa shape index (κ2) is 6.53. The van der Waals surface area contributed by atoms with E-state index in [9.17, 15) is 0 Å². The van der Waals surface area contributed by atoms with E-state index in [1.807, 2.05) is 0 Å². The van der Waals surface area contributed by atoms with Crippen molar-refractivity contribution in [2.75, 3.05) is 13.7 Å². The van der Waals surface area contributed by atoms with E-state index < -0.39 is 0 Å². The fourth-order valence-corrected chi connectivity index (χ4v) is 2.19. The van der Waals surface area contributed by atoms with Crippen LogP contribution in [0.25, 0.3) is 0 Å². The van der Waals surface area contributed by atoms with Crippen LogP contribution in [0.15, 0.2) is 30.3 Å². The molecule has 1 aromatic rings. The van der Waals surface area contributed by atoms with Crippen molar-refractivity contribution in [2.24, 2.45) is 5.41 Å². The van der Waals surface area contributed by atoms with Crippen molar-refractivity contribution in [2.45, 2.75) is 52.7 Å². The predicted octanol–water partition coefficient (Wildman–Crippen LogP) is 4.18. The van der Waals surface area contributed by atoms with Gasteiger partial charge >= 0.3 is 0 Å². The molecule has 0 radical (unpaired) electrons. The average Bonchev–Trinajstić information content (AvgIpc) is 2.34. The number of benzene rings is 1. The minimum absolute atomic E-state index is 0.0634. The van der Waals surface area contributed by atoms with Gasteiger partial charge in [0.15, 0.2) is 0 Å². The summed E-state index contributed by atoms with van der Waals surface area (Å²) in [5.41, 5.74) is 1.48. The molecular weight excluding hydrogens is 234 g/mol. The summed E-state index contributed by atoms with van der Waals surface area (Å²) >= 11 is 0. The van der Waals surface area contributed by atoms with Gasteiger partial charge in [0.2, 0.25) is 0 Å². The second-order valence-electron chi connectivity index (χ2n) is 6.88. The molecule has 0 bridgehead atoms. The standard InChI is InChI=1S/C17H29NO/c1-16(2,3)15(14-10-8-7-9-11-14)18-13-12-17(4,5)19-6/h7-11,15,18H,12-13H2,1-6H3. The average molecular weight is 263 g/mol. The number of rotatable bonds is 6. The van der Waals surface area contributed by atoms with Gasteiger partial charge in [-0.3, -0.25) is 0 Å². The Balaban J connectivity index is 2.68. The van der Waals surface area contributed by atoms with Gasteiger partial charge < -0.3 is 10.1 Å². The lowest BCUT2D eigenvalue weighted by molar-refractivity contribution is 0.0144. The highest BCUT2D eigenvalue weighted by Crippen LogP contribution is 2.32. The van der Waals surface area contributed by atoms with Gasteiger partial charge in [-0.1, -0.05) is 51.1 Å². The summed E-state index contributed by atoms with van der Waals surface area (Å²) in [6, 6.07) is 11.0. The highest BCUT2D eigenvalue weighted by Gasteiger charge is 2.26. The Morgan fingerprint density at radius 1 is 1.05 bits per heavy atom. The zero-order chi connectivity index (χ0) is 14.5. The van der Waals surface area contributed by atoms with Crippen molar-refractivity contribution < 1.29 is 4.74 Å². The number of methoxy groups -OCH3 is 1. The summed E-state index contributed by atoms with van der Waals surface area (Å²) in [5.74, 6) is 0. The molecule has 0 saturated carbocycles. The Labute approximate surface area is 118 Å². The van der Waals surface area contributed by atoms with Gasteiger partial charge in [0.05, 0.1) is 5.60 Å². The van der Waals surface area contributed by atoms with E-state index in [1.54, 1.807) is 7.11 Å². The maximum atomic E-state index is 5.47. The lowest BCUT2D eigenvalue weighted by Gasteiger charge is -2.33. The molecule has 108 valence electrons. The first kappa shape index (κ1) is 16.2. The van der Waals surface area contributed by atoms with Crippen LogP contribution in [0, 0.1) is 5.41 Å². The smallest absolute Gasteiger partial charge is 0.0634 e. The lowest BCUT2D eigenvalue weighted by atomic mass is 9.82. The Kier molecular flexibility index (Phi) is 5.57. The molecule has 0 saturated heterocycles. The molecule has 1 atom stereocenters. The van der Waals surface area contributed by atoms with E-state index in [0.717, 1.165) is 13.0 Å². The summed E-state index contributed by atoms with van der Waals surface area (Å²) in [6.45, 7) is 12.0. The van der Waals surface area contributed by atoms with Gasteiger partial charge in [0.25, 0.3) is 0 Å². The maximum Gasteiger partial charge on any atom is 0.0634 e. The van der Waals surface area contributed by atoms with Crippen LogP contribution in [0.3, 0.4) is 0 Å². The van der Waals surface area contributed by atoms with Crippen LogP contribution in [0.5, 0.6) is 0 Å². The Hall–Kier alpha value is -0.860. The van der Waals surface area contributed by atoms with Crippen molar-refractivity contribution in [3.63, 3.8) is 0 Å². The van der Waals surface area contributed by atoms with Crippen LogP contribution < -0.4 is 5.32 Å². The molecule has 2 nitrogen and oxygen atoms in total. The van der Waals surface area contributed by atoms with Crippen LogP contribution in [0.2, 0.25) is 0 Å². The summed E-state index contributed by atoms with van der Waals surface area (Å²) in [6.07, 6.45) is 1.00. The summed E-state index contributed by atoms with van der Waals surface area (Å²) < 4.78 is 5.47. The van der Waals surface area contributed by atoms with E-state index in [1.165, 1.54) is 5.56 Å². The zero-order valence-corrected chi connectivity index (χ0v) is 13.3. The number of hydrogen-bond donors (Lipinski definition) is 1. The molecule has 0 amide bonds. The molecule has 0 aliphatic heterocycles. The molecule has 1 aromatic carbocycles. The maximum absolute atomic E-state index is 5.47. The van der Waals surface area contributed by atoms with Gasteiger partial charge in [0, 0.05) is 13.2 Å². The van der Waals surface area contributed by atoms with Gasteiger partial charge in [-0.05, 0) is 37.8 Å². The quantitative estimate of drug-likeness (QED) is 0.831. The van der Waals surface area contributed by atoms with Gasteiger partial charge in [-0.2, -0.15) is 0 Å². The van der Waals surface area contributed by atoms with Gasteiger partial charge in [0.1, 0.15) is 0 Å². The summed E-state index contributed by atoms with van der Waals surface area (Å²) in [5, 5.41) is 3.69. The first-order valence-electron chi connectivity index (χ1n) is 7.10. The third-order valence-corrected chi connectivity index (χ3v) is 3.63. The Morgan fingerprint density at radius 3 is 2.11 bits per heavy atom. The fraction of sp³-hybridized carbons (Fsp3) is 0.647. The van der Waals surface area contributed by atoms with E-state index in [0.29, 0.717) is 6.04 Å². The van der Waals surface area contributed by atoms with Crippen LogP contribution in [-0.2, 0) is 4.74 Å². The third kappa shape index (κ3) is 5.33. The van der Waals surface area contributed by atoms with Crippen LogP contribution in [0.4, 0.5) is 0 Å². The third-order valence-electron chi connectivity index (χ3n) is 3.63. The number of ether oxygens (including phenoxy) is 1. The molecule has 0 fully saturated rings. The molecule has 2 heteroatoms. The molecule has 0 heterocycles. The van der Waals surface area contributed by atoms with Crippen LogP contribution >= 0.6 is 0 Å². The van der Waals surface area contributed by atoms with Crippen molar-refractivity contribution in [1.29, 1.82) is 0 Å². The van der Waals surface area contributed by atoms with Crippen LogP contribution in [0.1, 0.15) is 52.6 Å². The molecule has 0 spiro atoms. The molecule has 0 aliphatic rings. The van der Waals surface area contributed by atoms with Crippen molar-refractivity contribution >= 4 is 0 Å². The van der Waals surface area contributed by atoms with E-state index in [4.69, 9.17) is 4.74 Å². The zero-order valence-electron chi connectivity index (χ0n) is 13.3. The van der Waals surface area contributed by atoms with E-state index in [-0.39, 0.29) is 11.0 Å². The molecule has 1 unspecified atom stereocenters. The van der Waals surface area contributed by atoms with E-state index in [2.05, 4.69) is 70.3 Å². The largest absolute Gasteiger partial charge is 0.379 e. The topological polar surface area (TPSA) is 21.3 Å².